The van der Waals surface area contributed by atoms with Gasteiger partial charge in [-0.3, -0.25) is 9.78 Å². The lowest BCUT2D eigenvalue weighted by molar-refractivity contribution is 0.203. The van der Waals surface area contributed by atoms with E-state index in [9.17, 15) is 9.59 Å². The van der Waals surface area contributed by atoms with Crippen LogP contribution in [0.2, 0.25) is 0 Å². The van der Waals surface area contributed by atoms with E-state index in [0.717, 1.165) is 60.5 Å². The van der Waals surface area contributed by atoms with Gasteiger partial charge in [-0.2, -0.15) is 10.2 Å². The molecule has 1 fully saturated rings. The molecule has 1 aromatic carbocycles. The molecule has 3 aliphatic heterocycles. The second kappa shape index (κ2) is 7.65. The number of hydrogen-bond acceptors (Lipinski definition) is 8. The molecule has 11 heteroatoms. The molecule has 2 N–H and O–H groups in total. The molecule has 0 radical (unpaired) electrons. The highest BCUT2D eigenvalue weighted by Gasteiger charge is 2.24. The molecule has 31 heavy (non-hydrogen) atoms. The first-order chi connectivity index (χ1) is 15.0. The van der Waals surface area contributed by atoms with Crippen molar-refractivity contribution in [3.63, 3.8) is 0 Å². The quantitative estimate of drug-likeness (QED) is 0.457. The van der Waals surface area contributed by atoms with E-state index in [1.165, 1.54) is 0 Å². The van der Waals surface area contributed by atoms with Crippen LogP contribution >= 0.6 is 0 Å². The number of rotatable bonds is 4. The molecule has 0 spiro atoms. The molecule has 5 rings (SSSR count). The van der Waals surface area contributed by atoms with Gasteiger partial charge in [-0.25, -0.2) is 9.78 Å². The molecule has 11 nitrogen and oxygen atoms in total. The fraction of sp³-hybridized carbons (Fsp3) is 0.450. The monoisotopic (exact) mass is 421 g/mol. The first-order valence-corrected chi connectivity index (χ1v) is 10.4. The second-order valence-corrected chi connectivity index (χ2v) is 8.12. The Balaban J connectivity index is 1.46. The van der Waals surface area contributed by atoms with Crippen molar-refractivity contribution < 1.29 is 0 Å². The van der Waals surface area contributed by atoms with E-state index in [2.05, 4.69) is 40.5 Å². The summed E-state index contributed by atoms with van der Waals surface area (Å²) in [6, 6.07) is 4.02. The topological polar surface area (TPSA) is 138 Å². The molecular formula is C20H23N9O2. The van der Waals surface area contributed by atoms with Crippen LogP contribution in [0, 0.1) is 13.8 Å². The van der Waals surface area contributed by atoms with Gasteiger partial charge in [0.25, 0.3) is 5.56 Å². The molecule has 0 aliphatic carbocycles. The zero-order chi connectivity index (χ0) is 21.5. The molecule has 4 heterocycles. The number of likely N-dealkylation sites (tertiary alicyclic amines) is 1. The molecule has 1 aromatic heterocycles. The Labute approximate surface area is 176 Å². The van der Waals surface area contributed by atoms with Crippen LogP contribution in [0.3, 0.4) is 0 Å². The third-order valence-corrected chi connectivity index (χ3v) is 6.18. The largest absolute Gasteiger partial charge is 0.349 e. The highest BCUT2D eigenvalue weighted by molar-refractivity contribution is 5.81. The molecule has 3 aliphatic rings. The summed E-state index contributed by atoms with van der Waals surface area (Å²) in [5.74, 6) is 1.42. The highest BCUT2D eigenvalue weighted by atomic mass is 16.2. The van der Waals surface area contributed by atoms with Crippen molar-refractivity contribution in [1.82, 2.24) is 45.0 Å². The van der Waals surface area contributed by atoms with Gasteiger partial charge in [0.2, 0.25) is 0 Å². The van der Waals surface area contributed by atoms with E-state index in [4.69, 9.17) is 0 Å². The number of benzene rings is 1. The van der Waals surface area contributed by atoms with Crippen LogP contribution in [0.15, 0.2) is 21.7 Å². The predicted molar refractivity (Wildman–Crippen MR) is 113 cm³/mol. The van der Waals surface area contributed by atoms with Crippen LogP contribution in [0.1, 0.15) is 35.7 Å². The van der Waals surface area contributed by atoms with Crippen LogP contribution < -0.4 is 11.2 Å². The summed E-state index contributed by atoms with van der Waals surface area (Å²) in [5, 5.41) is 14.4. The minimum absolute atomic E-state index is 0.186. The van der Waals surface area contributed by atoms with Crippen molar-refractivity contribution in [3.05, 3.63) is 49.9 Å². The maximum atomic E-state index is 12.4. The fourth-order valence-electron chi connectivity index (χ4n) is 4.27. The van der Waals surface area contributed by atoms with Crippen molar-refractivity contribution in [2.24, 2.45) is 0 Å². The van der Waals surface area contributed by atoms with Gasteiger partial charge < -0.3 is 9.47 Å². The second-order valence-electron chi connectivity index (χ2n) is 8.12. The lowest BCUT2D eigenvalue weighted by Gasteiger charge is -2.31. The summed E-state index contributed by atoms with van der Waals surface area (Å²) in [4.78, 5) is 37.5. The summed E-state index contributed by atoms with van der Waals surface area (Å²) in [6.45, 7) is 7.26. The summed E-state index contributed by atoms with van der Waals surface area (Å²) in [6.07, 6.45) is 1.92. The lowest BCUT2D eigenvalue weighted by Crippen LogP contribution is -2.36. The Kier molecular flexibility index (Phi) is 4.81. The number of tetrazole rings is 1. The van der Waals surface area contributed by atoms with Crippen molar-refractivity contribution in [2.45, 2.75) is 39.2 Å². The van der Waals surface area contributed by atoms with E-state index in [-0.39, 0.29) is 5.69 Å². The number of nitrogens with zero attached hydrogens (tertiary/aromatic N) is 7. The van der Waals surface area contributed by atoms with Gasteiger partial charge in [0.15, 0.2) is 17.3 Å². The van der Waals surface area contributed by atoms with Gasteiger partial charge in [-0.1, -0.05) is 5.21 Å². The van der Waals surface area contributed by atoms with E-state index in [1.807, 2.05) is 30.5 Å². The van der Waals surface area contributed by atoms with Crippen LogP contribution in [0.4, 0.5) is 0 Å². The number of aryl methyl sites for hydroxylation is 2. The third kappa shape index (κ3) is 3.61. The molecule has 2 aromatic rings. The van der Waals surface area contributed by atoms with E-state index >= 15 is 0 Å². The van der Waals surface area contributed by atoms with Gasteiger partial charge in [0.05, 0.1) is 11.0 Å². The predicted octanol–water partition coefficient (Wildman–Crippen LogP) is 0.594. The number of nitrogens with one attached hydrogen (secondary N) is 2. The SMILES string of the molecule is Cc1cc2nc3c(=O)[nH]c(=O)nc-3n(CCN3CCC(c4nn[nH]n4)CC3)c2cc1C. The number of aromatic nitrogens is 8. The lowest BCUT2D eigenvalue weighted by atomic mass is 9.96. The van der Waals surface area contributed by atoms with Crippen LogP contribution in [0.5, 0.6) is 0 Å². The Bertz CT molecular complexity index is 1320. The van der Waals surface area contributed by atoms with Gasteiger partial charge in [-0.05, 0) is 63.0 Å². The number of fused-ring (bicyclic) bond motifs is 2. The Morgan fingerprint density at radius 3 is 2.58 bits per heavy atom. The smallest absolute Gasteiger partial charge is 0.321 e. The Morgan fingerprint density at radius 2 is 1.84 bits per heavy atom. The average molecular weight is 421 g/mol. The van der Waals surface area contributed by atoms with Gasteiger partial charge in [-0.15, -0.1) is 10.2 Å². The Hall–Kier alpha value is -3.47. The normalized spacial score (nSPS) is 15.8. The molecule has 1 saturated heterocycles. The number of aromatic amines is 2. The van der Waals surface area contributed by atoms with Gasteiger partial charge in [0, 0.05) is 19.0 Å². The summed E-state index contributed by atoms with van der Waals surface area (Å²) in [5.41, 5.74) is 2.83. The van der Waals surface area contributed by atoms with Crippen molar-refractivity contribution in [3.8, 4) is 11.5 Å². The maximum absolute atomic E-state index is 12.4. The summed E-state index contributed by atoms with van der Waals surface area (Å²) >= 11 is 0. The van der Waals surface area contributed by atoms with Crippen LogP contribution in [-0.4, -0.2) is 64.7 Å². The molecule has 160 valence electrons. The first kappa shape index (κ1) is 19.5. The third-order valence-electron chi connectivity index (χ3n) is 6.18. The van der Waals surface area contributed by atoms with Crippen molar-refractivity contribution >= 4 is 11.0 Å². The standard InChI is InChI=1S/C20H23N9O2/c1-11-9-14-15(10-12(11)2)29(18-16(21-14)19(30)23-20(31)22-18)8-7-28-5-3-13(4-6-28)17-24-26-27-25-17/h9-10,13H,3-8H2,1-2H3,(H,23,30,31)(H,24,25,26,27). The summed E-state index contributed by atoms with van der Waals surface area (Å²) in [7, 11) is 0. The number of piperidine rings is 1. The fourth-order valence-corrected chi connectivity index (χ4v) is 4.27. The molecule has 0 bridgehead atoms. The highest BCUT2D eigenvalue weighted by Crippen LogP contribution is 2.26. The van der Waals surface area contributed by atoms with Crippen LogP contribution in [0.25, 0.3) is 22.6 Å². The minimum Gasteiger partial charge on any atom is -0.321 e. The van der Waals surface area contributed by atoms with E-state index in [0.29, 0.717) is 18.3 Å². The maximum Gasteiger partial charge on any atom is 0.349 e. The average Bonchev–Trinajstić information content (AvgIpc) is 3.28. The summed E-state index contributed by atoms with van der Waals surface area (Å²) < 4.78 is 1.95. The van der Waals surface area contributed by atoms with E-state index < -0.39 is 11.2 Å². The molecule has 0 saturated carbocycles. The minimum atomic E-state index is -0.655. The van der Waals surface area contributed by atoms with Crippen molar-refractivity contribution in [2.75, 3.05) is 19.6 Å². The molecule has 0 unspecified atom stereocenters. The van der Waals surface area contributed by atoms with Crippen molar-refractivity contribution in [1.29, 1.82) is 0 Å². The molecule has 0 atom stereocenters. The number of hydrogen-bond donors (Lipinski definition) is 2. The molecule has 0 amide bonds. The molecular weight excluding hydrogens is 398 g/mol. The Morgan fingerprint density at radius 1 is 1.06 bits per heavy atom. The van der Waals surface area contributed by atoms with E-state index in [1.54, 1.807) is 0 Å². The van der Waals surface area contributed by atoms with Gasteiger partial charge >= 0.3 is 5.69 Å². The number of H-pyrrole nitrogens is 2. The van der Waals surface area contributed by atoms with Crippen LogP contribution in [-0.2, 0) is 6.54 Å². The zero-order valence-electron chi connectivity index (χ0n) is 17.4. The van der Waals surface area contributed by atoms with Gasteiger partial charge in [0.1, 0.15) is 0 Å². The zero-order valence-corrected chi connectivity index (χ0v) is 17.4. The first-order valence-electron chi connectivity index (χ1n) is 10.4.